The normalized spacial score (nSPS) is 13.3. The Hall–Kier alpha value is -3.79. The third-order valence-electron chi connectivity index (χ3n) is 8.96. The molecule has 0 bridgehead atoms. The molecule has 0 saturated heterocycles. The zero-order valence-corrected chi connectivity index (χ0v) is 27.2. The van der Waals surface area contributed by atoms with Crippen LogP contribution >= 0.6 is 0 Å². The molecule has 7 rings (SSSR count). The summed E-state index contributed by atoms with van der Waals surface area (Å²) in [4.78, 5) is 9.70. The Morgan fingerprint density at radius 1 is 0.714 bits per heavy atom. The minimum absolute atomic E-state index is 0. The molecule has 1 aromatic heterocycles. The van der Waals surface area contributed by atoms with Crippen LogP contribution in [0.4, 0.5) is 11.4 Å². The number of para-hydroxylation sites is 1. The first-order valence-corrected chi connectivity index (χ1v) is 14.2. The predicted molar refractivity (Wildman–Crippen MR) is 174 cm³/mol. The topological polar surface area (TPSA) is 28.6 Å². The Morgan fingerprint density at radius 3 is 2.05 bits per heavy atom. The Labute approximate surface area is 263 Å². The first-order chi connectivity index (χ1) is 19.8. The predicted octanol–water partition coefficient (Wildman–Crippen LogP) is 4.68. The Balaban J connectivity index is 0.00000316. The SMILES string of the molecule is Cc1cccc(C)c1B1c2ccccc2Oc2c[c-]c(-c3nccc4c3N(C)B(c3c(C)cccc3C)N4C)cc21.[Ir]. The van der Waals surface area contributed by atoms with E-state index in [1.54, 1.807) is 0 Å². The molecule has 0 saturated carbocycles. The van der Waals surface area contributed by atoms with Crippen LogP contribution in [-0.4, -0.2) is 32.8 Å². The van der Waals surface area contributed by atoms with E-state index in [0.29, 0.717) is 0 Å². The van der Waals surface area contributed by atoms with E-state index in [0.717, 1.165) is 33.9 Å². The van der Waals surface area contributed by atoms with Crippen molar-refractivity contribution in [1.82, 2.24) is 4.98 Å². The standard InChI is InChI=1S/C35H32B2N3O.Ir/c1-22-11-9-12-23(2)32(22)36-27-15-7-8-16-30(27)41-31-18-17-26(21-28(31)36)34-35-29(19-20-38-34)39(5)37(40(35)6)33-24(3)13-10-14-25(33)4;/h7-16,18-21H,1-6H3;/q-1;. The number of nitrogens with zero attached hydrogens (tertiary/aromatic N) is 3. The van der Waals surface area contributed by atoms with Crippen LogP contribution in [0.1, 0.15) is 22.3 Å². The van der Waals surface area contributed by atoms with Crippen molar-refractivity contribution in [2.45, 2.75) is 27.7 Å². The van der Waals surface area contributed by atoms with Gasteiger partial charge in [-0.3, -0.25) is 0 Å². The van der Waals surface area contributed by atoms with Gasteiger partial charge in [0.2, 0.25) is 6.71 Å². The molecule has 1 radical (unpaired) electrons. The van der Waals surface area contributed by atoms with Crippen LogP contribution in [0.3, 0.4) is 0 Å². The monoisotopic (exact) mass is 725 g/mol. The third kappa shape index (κ3) is 4.30. The Kier molecular flexibility index (Phi) is 7.29. The number of aromatic nitrogens is 1. The first kappa shape index (κ1) is 28.3. The molecule has 4 nitrogen and oxygen atoms in total. The summed E-state index contributed by atoms with van der Waals surface area (Å²) in [6, 6.07) is 31.4. The van der Waals surface area contributed by atoms with Crippen molar-refractivity contribution in [2.75, 3.05) is 23.7 Å². The number of hydrogen-bond donors (Lipinski definition) is 0. The van der Waals surface area contributed by atoms with Crippen molar-refractivity contribution in [3.63, 3.8) is 0 Å². The van der Waals surface area contributed by atoms with Crippen LogP contribution < -0.4 is 36.2 Å². The van der Waals surface area contributed by atoms with E-state index in [9.17, 15) is 0 Å². The van der Waals surface area contributed by atoms with Crippen molar-refractivity contribution >= 4 is 46.9 Å². The molecule has 7 heteroatoms. The van der Waals surface area contributed by atoms with Gasteiger partial charge >= 0.3 is 6.98 Å². The van der Waals surface area contributed by atoms with Gasteiger partial charge in [0.25, 0.3) is 0 Å². The van der Waals surface area contributed by atoms with Gasteiger partial charge in [-0.1, -0.05) is 82.3 Å². The van der Waals surface area contributed by atoms with Gasteiger partial charge in [0.05, 0.1) is 0 Å². The number of pyridine rings is 1. The summed E-state index contributed by atoms with van der Waals surface area (Å²) < 4.78 is 6.46. The van der Waals surface area contributed by atoms with E-state index < -0.39 is 0 Å². The van der Waals surface area contributed by atoms with Crippen molar-refractivity contribution in [3.05, 3.63) is 113 Å². The number of aryl methyl sites for hydroxylation is 4. The second kappa shape index (κ2) is 10.8. The fourth-order valence-electron chi connectivity index (χ4n) is 7.05. The zero-order valence-electron chi connectivity index (χ0n) is 24.8. The van der Waals surface area contributed by atoms with E-state index in [2.05, 4.69) is 124 Å². The summed E-state index contributed by atoms with van der Waals surface area (Å²) in [6.07, 6.45) is 1.92. The molecule has 0 atom stereocenters. The number of anilines is 2. The number of ether oxygens (including phenoxy) is 1. The van der Waals surface area contributed by atoms with E-state index in [-0.39, 0.29) is 33.8 Å². The van der Waals surface area contributed by atoms with Crippen molar-refractivity contribution in [2.24, 2.45) is 0 Å². The van der Waals surface area contributed by atoms with Gasteiger partial charge < -0.3 is 19.3 Å². The summed E-state index contributed by atoms with van der Waals surface area (Å²) >= 11 is 0. The van der Waals surface area contributed by atoms with Crippen LogP contribution in [0.15, 0.2) is 85.1 Å². The molecule has 209 valence electrons. The Morgan fingerprint density at radius 2 is 1.36 bits per heavy atom. The quantitative estimate of drug-likeness (QED) is 0.196. The molecule has 0 amide bonds. The molecule has 0 unspecified atom stereocenters. The number of fused-ring (bicyclic) bond motifs is 3. The summed E-state index contributed by atoms with van der Waals surface area (Å²) in [5.41, 5.74) is 14.4. The second-order valence-electron chi connectivity index (χ2n) is 11.5. The fourth-order valence-corrected chi connectivity index (χ4v) is 7.05. The minimum atomic E-state index is 0. The largest absolute Gasteiger partial charge is 0.503 e. The molecule has 42 heavy (non-hydrogen) atoms. The smallest absolute Gasteiger partial charge is 0.410 e. The molecule has 0 N–H and O–H groups in total. The van der Waals surface area contributed by atoms with Crippen LogP contribution in [0.25, 0.3) is 11.3 Å². The van der Waals surface area contributed by atoms with Gasteiger partial charge in [0, 0.05) is 49.1 Å². The average Bonchev–Trinajstić information content (AvgIpc) is 3.22. The second-order valence-corrected chi connectivity index (χ2v) is 11.5. The summed E-state index contributed by atoms with van der Waals surface area (Å²) in [7, 11) is 4.36. The van der Waals surface area contributed by atoms with E-state index in [4.69, 9.17) is 9.72 Å². The zero-order chi connectivity index (χ0) is 28.4. The molecule has 4 aromatic carbocycles. The van der Waals surface area contributed by atoms with Gasteiger partial charge in [-0.05, 0) is 64.8 Å². The van der Waals surface area contributed by atoms with Crippen LogP contribution in [0.5, 0.6) is 11.5 Å². The Bertz CT molecular complexity index is 1800. The molecule has 2 aliphatic rings. The first-order valence-electron chi connectivity index (χ1n) is 14.2. The van der Waals surface area contributed by atoms with Gasteiger partial charge in [-0.25, -0.2) is 0 Å². The maximum absolute atomic E-state index is 6.46. The van der Waals surface area contributed by atoms with Crippen LogP contribution in [0, 0.1) is 33.8 Å². The average molecular weight is 725 g/mol. The van der Waals surface area contributed by atoms with Gasteiger partial charge in [0.15, 0.2) is 0 Å². The van der Waals surface area contributed by atoms with Crippen molar-refractivity contribution < 1.29 is 24.8 Å². The third-order valence-corrected chi connectivity index (χ3v) is 8.96. The number of hydrogen-bond acceptors (Lipinski definition) is 4. The summed E-state index contributed by atoms with van der Waals surface area (Å²) in [5, 5.41) is 0. The van der Waals surface area contributed by atoms with Gasteiger partial charge in [0.1, 0.15) is 5.75 Å². The van der Waals surface area contributed by atoms with Gasteiger partial charge in [-0.2, -0.15) is 0 Å². The minimum Gasteiger partial charge on any atom is -0.503 e. The maximum Gasteiger partial charge on any atom is 0.410 e. The molecule has 0 spiro atoms. The summed E-state index contributed by atoms with van der Waals surface area (Å²) in [5.74, 6) is 1.76. The number of rotatable bonds is 3. The molecule has 0 fully saturated rings. The molecule has 2 aliphatic heterocycles. The molecule has 0 aliphatic carbocycles. The number of benzene rings is 4. The summed E-state index contributed by atoms with van der Waals surface area (Å²) in [6.45, 7) is 8.97. The van der Waals surface area contributed by atoms with Crippen LogP contribution in [0.2, 0.25) is 0 Å². The van der Waals surface area contributed by atoms with E-state index >= 15 is 0 Å². The molecule has 5 aromatic rings. The molecular formula is C35H32B2IrN3O-. The van der Waals surface area contributed by atoms with Crippen molar-refractivity contribution in [1.29, 1.82) is 0 Å². The maximum atomic E-state index is 6.46. The van der Waals surface area contributed by atoms with E-state index in [1.807, 2.05) is 18.3 Å². The van der Waals surface area contributed by atoms with Crippen LogP contribution in [-0.2, 0) is 20.1 Å². The van der Waals surface area contributed by atoms with E-state index in [1.165, 1.54) is 44.3 Å². The molecular weight excluding hydrogens is 692 g/mol. The fraction of sp³-hybridized carbons (Fsp3) is 0.171. The molecule has 3 heterocycles. The van der Waals surface area contributed by atoms with Gasteiger partial charge in [-0.15, -0.1) is 29.2 Å². The van der Waals surface area contributed by atoms with Crippen molar-refractivity contribution in [3.8, 4) is 22.8 Å².